The minimum Gasteiger partial charge on any atom is -0.504 e. The number of esters is 1. The summed E-state index contributed by atoms with van der Waals surface area (Å²) >= 11 is 0. The molecule has 1 aliphatic carbocycles. The Labute approximate surface area is 177 Å². The Hall–Kier alpha value is -3.02. The molecule has 0 radical (unpaired) electrons. The third-order valence-corrected chi connectivity index (χ3v) is 5.50. The molecule has 1 aliphatic rings. The maximum absolute atomic E-state index is 12.5. The summed E-state index contributed by atoms with van der Waals surface area (Å²) < 4.78 is 5.89. The second-order valence-electron chi connectivity index (χ2n) is 7.69. The number of phenols is 1. The van der Waals surface area contributed by atoms with E-state index >= 15 is 0 Å². The summed E-state index contributed by atoms with van der Waals surface area (Å²) in [7, 11) is 0. The lowest BCUT2D eigenvalue weighted by Gasteiger charge is -2.24. The lowest BCUT2D eigenvalue weighted by Crippen LogP contribution is -2.28. The van der Waals surface area contributed by atoms with Crippen molar-refractivity contribution >= 4 is 23.8 Å². The smallest absolute Gasteiger partial charge is 0.306 e. The van der Waals surface area contributed by atoms with Gasteiger partial charge in [0.25, 0.3) is 0 Å². The zero-order valence-corrected chi connectivity index (χ0v) is 17.4. The SMILES string of the molecule is CCCCCCCC(=O)OC1c2ccccc2CC1Nc1cccc(NC=O)c1O. The van der Waals surface area contributed by atoms with Crippen molar-refractivity contribution in [2.24, 2.45) is 0 Å². The number of anilines is 2. The van der Waals surface area contributed by atoms with E-state index in [1.165, 1.54) is 12.8 Å². The summed E-state index contributed by atoms with van der Waals surface area (Å²) in [6.07, 6.45) is 6.58. The van der Waals surface area contributed by atoms with E-state index in [2.05, 4.69) is 17.6 Å². The number of aromatic hydroxyl groups is 1. The van der Waals surface area contributed by atoms with Crippen molar-refractivity contribution in [1.82, 2.24) is 0 Å². The van der Waals surface area contributed by atoms with Gasteiger partial charge in [-0.25, -0.2) is 0 Å². The minimum absolute atomic E-state index is 0.0402. The maximum Gasteiger partial charge on any atom is 0.306 e. The summed E-state index contributed by atoms with van der Waals surface area (Å²) in [5.74, 6) is -0.234. The van der Waals surface area contributed by atoms with Crippen LogP contribution in [0.25, 0.3) is 0 Å². The Morgan fingerprint density at radius 2 is 1.87 bits per heavy atom. The van der Waals surface area contributed by atoms with Crippen molar-refractivity contribution in [3.05, 3.63) is 53.6 Å². The van der Waals surface area contributed by atoms with Gasteiger partial charge < -0.3 is 20.5 Å². The van der Waals surface area contributed by atoms with Gasteiger partial charge >= 0.3 is 5.97 Å². The molecule has 0 aromatic heterocycles. The van der Waals surface area contributed by atoms with Crippen LogP contribution >= 0.6 is 0 Å². The van der Waals surface area contributed by atoms with Crippen LogP contribution in [0, 0.1) is 0 Å². The highest BCUT2D eigenvalue weighted by Crippen LogP contribution is 2.39. The largest absolute Gasteiger partial charge is 0.504 e. The second kappa shape index (κ2) is 10.7. The van der Waals surface area contributed by atoms with Gasteiger partial charge in [-0.1, -0.05) is 62.9 Å². The molecule has 30 heavy (non-hydrogen) atoms. The normalized spacial score (nSPS) is 17.2. The molecule has 0 bridgehead atoms. The Morgan fingerprint density at radius 1 is 1.10 bits per heavy atom. The van der Waals surface area contributed by atoms with Gasteiger partial charge in [0.15, 0.2) is 5.75 Å². The van der Waals surface area contributed by atoms with Crippen LogP contribution in [0.5, 0.6) is 5.75 Å². The van der Waals surface area contributed by atoms with Gasteiger partial charge in [-0.3, -0.25) is 9.59 Å². The van der Waals surface area contributed by atoms with Crippen LogP contribution in [-0.2, 0) is 20.7 Å². The van der Waals surface area contributed by atoms with Crippen molar-refractivity contribution in [3.63, 3.8) is 0 Å². The number of amides is 1. The first-order chi connectivity index (χ1) is 14.6. The molecular weight excluding hydrogens is 380 g/mol. The van der Waals surface area contributed by atoms with E-state index in [0.717, 1.165) is 30.4 Å². The fourth-order valence-corrected chi connectivity index (χ4v) is 3.94. The molecule has 2 atom stereocenters. The third-order valence-electron chi connectivity index (χ3n) is 5.50. The first kappa shape index (κ1) is 21.7. The van der Waals surface area contributed by atoms with Crippen molar-refractivity contribution < 1.29 is 19.4 Å². The molecule has 0 aliphatic heterocycles. The fourth-order valence-electron chi connectivity index (χ4n) is 3.94. The molecule has 1 amide bonds. The van der Waals surface area contributed by atoms with Gasteiger partial charge in [-0.15, -0.1) is 0 Å². The van der Waals surface area contributed by atoms with Gasteiger partial charge in [0.1, 0.15) is 6.10 Å². The molecule has 6 nitrogen and oxygen atoms in total. The number of unbranched alkanes of at least 4 members (excludes halogenated alkanes) is 4. The summed E-state index contributed by atoms with van der Waals surface area (Å²) in [5, 5.41) is 16.3. The van der Waals surface area contributed by atoms with Gasteiger partial charge in [0.05, 0.1) is 17.4 Å². The molecule has 0 saturated heterocycles. The average Bonchev–Trinajstić information content (AvgIpc) is 3.08. The van der Waals surface area contributed by atoms with Crippen LogP contribution in [0.2, 0.25) is 0 Å². The molecule has 2 aromatic carbocycles. The van der Waals surface area contributed by atoms with Crippen LogP contribution in [0.1, 0.15) is 62.7 Å². The van der Waals surface area contributed by atoms with Crippen LogP contribution in [-0.4, -0.2) is 23.5 Å². The average molecular weight is 411 g/mol. The number of phenolic OH excluding ortho intramolecular Hbond substituents is 1. The van der Waals surface area contributed by atoms with Crippen LogP contribution in [0.3, 0.4) is 0 Å². The zero-order chi connectivity index (χ0) is 21.3. The van der Waals surface area contributed by atoms with E-state index in [4.69, 9.17) is 4.74 Å². The van der Waals surface area contributed by atoms with Gasteiger partial charge in [0, 0.05) is 6.42 Å². The lowest BCUT2D eigenvalue weighted by molar-refractivity contribution is -0.150. The Kier molecular flexibility index (Phi) is 7.71. The van der Waals surface area contributed by atoms with Crippen LogP contribution < -0.4 is 10.6 Å². The van der Waals surface area contributed by atoms with E-state index < -0.39 is 6.10 Å². The third kappa shape index (κ3) is 5.32. The summed E-state index contributed by atoms with van der Waals surface area (Å²) in [5.41, 5.74) is 2.93. The Balaban J connectivity index is 1.70. The topological polar surface area (TPSA) is 87.7 Å². The standard InChI is InChI=1S/C24H30N2O4/c1-2-3-4-5-6-14-22(28)30-24-18-11-8-7-10-17(18)15-21(24)26-20-13-9-12-19(23(20)29)25-16-27/h7-13,16,21,24,26,29H,2-6,14-15H2,1H3,(H,25,27). The number of ether oxygens (including phenoxy) is 1. The molecule has 0 fully saturated rings. The monoisotopic (exact) mass is 410 g/mol. The predicted octanol–water partition coefficient (Wildman–Crippen LogP) is 4.94. The Bertz CT molecular complexity index is 868. The molecule has 160 valence electrons. The second-order valence-corrected chi connectivity index (χ2v) is 7.69. The quantitative estimate of drug-likeness (QED) is 0.211. The molecular formula is C24H30N2O4. The van der Waals surface area contributed by atoms with E-state index in [1.54, 1.807) is 18.2 Å². The van der Waals surface area contributed by atoms with Crippen LogP contribution in [0.15, 0.2) is 42.5 Å². The molecule has 0 heterocycles. The lowest BCUT2D eigenvalue weighted by atomic mass is 10.1. The number of carbonyl (C=O) groups excluding carboxylic acids is 2. The van der Waals surface area contributed by atoms with E-state index in [1.807, 2.05) is 24.3 Å². The van der Waals surface area contributed by atoms with E-state index in [-0.39, 0.29) is 17.8 Å². The number of fused-ring (bicyclic) bond motifs is 1. The predicted molar refractivity (Wildman–Crippen MR) is 118 cm³/mol. The van der Waals surface area contributed by atoms with Gasteiger partial charge in [-0.05, 0) is 36.1 Å². The minimum atomic E-state index is -0.425. The van der Waals surface area contributed by atoms with Crippen molar-refractivity contribution in [2.45, 2.75) is 64.0 Å². The Morgan fingerprint density at radius 3 is 2.67 bits per heavy atom. The number of benzene rings is 2. The summed E-state index contributed by atoms with van der Waals surface area (Å²) in [6.45, 7) is 2.17. The molecule has 0 spiro atoms. The maximum atomic E-state index is 12.5. The highest BCUT2D eigenvalue weighted by atomic mass is 16.5. The van der Waals surface area contributed by atoms with E-state index in [0.29, 0.717) is 30.6 Å². The van der Waals surface area contributed by atoms with E-state index in [9.17, 15) is 14.7 Å². The molecule has 3 rings (SSSR count). The zero-order valence-electron chi connectivity index (χ0n) is 17.4. The number of nitrogens with one attached hydrogen (secondary N) is 2. The summed E-state index contributed by atoms with van der Waals surface area (Å²) in [6, 6.07) is 12.8. The highest BCUT2D eigenvalue weighted by Gasteiger charge is 2.35. The first-order valence-electron chi connectivity index (χ1n) is 10.7. The van der Waals surface area contributed by atoms with Crippen molar-refractivity contribution in [1.29, 1.82) is 0 Å². The number of para-hydroxylation sites is 1. The number of hydrogen-bond acceptors (Lipinski definition) is 5. The van der Waals surface area contributed by atoms with Gasteiger partial charge in [0.2, 0.25) is 6.41 Å². The van der Waals surface area contributed by atoms with Gasteiger partial charge in [-0.2, -0.15) is 0 Å². The van der Waals surface area contributed by atoms with Crippen molar-refractivity contribution in [2.75, 3.05) is 10.6 Å². The number of carbonyl (C=O) groups is 2. The number of hydrogen-bond donors (Lipinski definition) is 3. The molecule has 3 N–H and O–H groups in total. The number of rotatable bonds is 11. The first-order valence-corrected chi connectivity index (χ1v) is 10.7. The molecule has 2 unspecified atom stereocenters. The van der Waals surface area contributed by atoms with Crippen molar-refractivity contribution in [3.8, 4) is 5.75 Å². The van der Waals surface area contributed by atoms with Crippen LogP contribution in [0.4, 0.5) is 11.4 Å². The summed E-state index contributed by atoms with van der Waals surface area (Å²) in [4.78, 5) is 23.2. The molecule has 2 aromatic rings. The fraction of sp³-hybridized carbons (Fsp3) is 0.417. The highest BCUT2D eigenvalue weighted by molar-refractivity contribution is 5.80. The molecule has 0 saturated carbocycles. The molecule has 6 heteroatoms.